The average molecular weight is 258 g/mol. The standard InChI is InChI=1S/C16H18O3/c1-11-6-7-13(12-4-2-3-5-12)14(10-11)19-16(8-9-16)15(17)18/h4,6-7,10H,2-3,5,8-9H2,1H3,(H,17,18). The average Bonchev–Trinajstić information content (AvgIpc) is 2.96. The molecule has 0 spiro atoms. The van der Waals surface area contributed by atoms with Crippen LogP contribution in [0, 0.1) is 6.92 Å². The summed E-state index contributed by atoms with van der Waals surface area (Å²) in [6, 6.07) is 6.07. The molecule has 0 bridgehead atoms. The number of hydrogen-bond acceptors (Lipinski definition) is 2. The van der Waals surface area contributed by atoms with Crippen LogP contribution in [-0.4, -0.2) is 16.7 Å². The van der Waals surface area contributed by atoms with E-state index in [2.05, 4.69) is 18.2 Å². The molecule has 3 rings (SSSR count). The maximum atomic E-state index is 11.3. The minimum Gasteiger partial charge on any atom is -0.478 e. The number of aryl methyl sites for hydroxylation is 1. The van der Waals surface area contributed by atoms with Gasteiger partial charge in [-0.3, -0.25) is 0 Å². The Morgan fingerprint density at radius 3 is 2.74 bits per heavy atom. The number of carboxylic acid groups (broad SMARTS) is 1. The first kappa shape index (κ1) is 12.3. The summed E-state index contributed by atoms with van der Waals surface area (Å²) in [5, 5.41) is 9.25. The zero-order chi connectivity index (χ0) is 13.5. The van der Waals surface area contributed by atoms with Crippen molar-refractivity contribution in [2.75, 3.05) is 0 Å². The normalized spacial score (nSPS) is 19.9. The summed E-state index contributed by atoms with van der Waals surface area (Å²) < 4.78 is 5.86. The van der Waals surface area contributed by atoms with Crippen LogP contribution < -0.4 is 4.74 Å². The molecule has 0 amide bonds. The predicted octanol–water partition coefficient (Wildman–Crippen LogP) is 3.56. The van der Waals surface area contributed by atoms with Gasteiger partial charge in [-0.2, -0.15) is 0 Å². The van der Waals surface area contributed by atoms with Crippen molar-refractivity contribution in [1.82, 2.24) is 0 Å². The Hall–Kier alpha value is -1.77. The Morgan fingerprint density at radius 1 is 1.37 bits per heavy atom. The number of hydrogen-bond donors (Lipinski definition) is 1. The largest absolute Gasteiger partial charge is 0.478 e. The highest BCUT2D eigenvalue weighted by atomic mass is 16.5. The smallest absolute Gasteiger partial charge is 0.348 e. The Balaban J connectivity index is 1.95. The summed E-state index contributed by atoms with van der Waals surface area (Å²) in [6.07, 6.45) is 6.78. The van der Waals surface area contributed by atoms with Crippen molar-refractivity contribution in [3.05, 3.63) is 35.4 Å². The highest BCUT2D eigenvalue weighted by Gasteiger charge is 2.53. The zero-order valence-corrected chi connectivity index (χ0v) is 11.1. The van der Waals surface area contributed by atoms with Crippen LogP contribution in [0.4, 0.5) is 0 Å². The molecular formula is C16H18O3. The number of rotatable bonds is 4. The molecule has 1 aromatic carbocycles. The lowest BCUT2D eigenvalue weighted by atomic mass is 10.0. The molecule has 1 saturated carbocycles. The van der Waals surface area contributed by atoms with Crippen molar-refractivity contribution in [2.45, 2.75) is 44.6 Å². The van der Waals surface area contributed by atoms with Crippen LogP contribution in [0.2, 0.25) is 0 Å². The van der Waals surface area contributed by atoms with Crippen LogP contribution in [-0.2, 0) is 4.79 Å². The van der Waals surface area contributed by atoms with E-state index in [0.717, 1.165) is 29.7 Å². The van der Waals surface area contributed by atoms with Gasteiger partial charge in [0.15, 0.2) is 0 Å². The number of aliphatic carboxylic acids is 1. The van der Waals surface area contributed by atoms with Crippen molar-refractivity contribution in [3.8, 4) is 5.75 Å². The van der Waals surface area contributed by atoms with Gasteiger partial charge in [0.2, 0.25) is 5.60 Å². The fraction of sp³-hybridized carbons (Fsp3) is 0.438. The summed E-state index contributed by atoms with van der Waals surface area (Å²) >= 11 is 0. The Morgan fingerprint density at radius 2 is 2.16 bits per heavy atom. The van der Waals surface area contributed by atoms with Crippen molar-refractivity contribution in [1.29, 1.82) is 0 Å². The van der Waals surface area contributed by atoms with E-state index >= 15 is 0 Å². The van der Waals surface area contributed by atoms with Gasteiger partial charge in [-0.15, -0.1) is 0 Å². The van der Waals surface area contributed by atoms with Crippen LogP contribution in [0.3, 0.4) is 0 Å². The van der Waals surface area contributed by atoms with Crippen LogP contribution in [0.5, 0.6) is 5.75 Å². The number of carbonyl (C=O) groups is 1. The van der Waals surface area contributed by atoms with Crippen LogP contribution in [0.25, 0.3) is 5.57 Å². The van der Waals surface area contributed by atoms with Crippen LogP contribution in [0.15, 0.2) is 24.3 Å². The number of allylic oxidation sites excluding steroid dienone is 2. The van der Waals surface area contributed by atoms with Gasteiger partial charge >= 0.3 is 5.97 Å². The second-order valence-electron chi connectivity index (χ2n) is 5.52. The summed E-state index contributed by atoms with van der Waals surface area (Å²) in [4.78, 5) is 11.3. The highest BCUT2D eigenvalue weighted by molar-refractivity contribution is 5.82. The Kier molecular flexibility index (Phi) is 2.85. The van der Waals surface area contributed by atoms with Gasteiger partial charge in [0.05, 0.1) is 0 Å². The molecule has 100 valence electrons. The third-order valence-electron chi connectivity index (χ3n) is 3.92. The van der Waals surface area contributed by atoms with Crippen LogP contribution in [0.1, 0.15) is 43.2 Å². The minimum absolute atomic E-state index is 0.606. The van der Waals surface area contributed by atoms with Crippen molar-refractivity contribution < 1.29 is 14.6 Å². The summed E-state index contributed by atoms with van der Waals surface area (Å²) in [6.45, 7) is 2.00. The van der Waals surface area contributed by atoms with E-state index in [1.165, 1.54) is 12.0 Å². The van der Waals surface area contributed by atoms with Gasteiger partial charge in [-0.05, 0) is 43.4 Å². The molecule has 0 heterocycles. The minimum atomic E-state index is -0.971. The maximum absolute atomic E-state index is 11.3. The molecule has 0 aliphatic heterocycles. The number of carboxylic acids is 1. The molecule has 3 heteroatoms. The quantitative estimate of drug-likeness (QED) is 0.898. The lowest BCUT2D eigenvalue weighted by Gasteiger charge is -2.18. The predicted molar refractivity (Wildman–Crippen MR) is 73.2 cm³/mol. The fourth-order valence-electron chi connectivity index (χ4n) is 2.58. The molecule has 2 aliphatic rings. The molecule has 0 aromatic heterocycles. The van der Waals surface area contributed by atoms with Crippen molar-refractivity contribution >= 4 is 11.5 Å². The van der Waals surface area contributed by atoms with E-state index in [1.54, 1.807) is 0 Å². The maximum Gasteiger partial charge on any atom is 0.348 e. The van der Waals surface area contributed by atoms with Gasteiger partial charge in [0.25, 0.3) is 0 Å². The van der Waals surface area contributed by atoms with E-state index in [-0.39, 0.29) is 0 Å². The molecule has 1 N–H and O–H groups in total. The zero-order valence-electron chi connectivity index (χ0n) is 11.1. The number of ether oxygens (including phenoxy) is 1. The van der Waals surface area contributed by atoms with E-state index in [0.29, 0.717) is 12.8 Å². The summed E-state index contributed by atoms with van der Waals surface area (Å²) in [5.74, 6) is -0.117. The fourth-order valence-corrected chi connectivity index (χ4v) is 2.58. The van der Waals surface area contributed by atoms with Gasteiger partial charge < -0.3 is 9.84 Å². The molecule has 1 fully saturated rings. The van der Waals surface area contributed by atoms with E-state index in [1.807, 2.05) is 13.0 Å². The first-order valence-electron chi connectivity index (χ1n) is 6.83. The second kappa shape index (κ2) is 4.41. The lowest BCUT2D eigenvalue weighted by molar-refractivity contribution is -0.147. The SMILES string of the molecule is Cc1ccc(C2=CCCC2)c(OC2(C(=O)O)CC2)c1. The molecule has 0 unspecified atom stereocenters. The molecule has 2 aliphatic carbocycles. The molecule has 19 heavy (non-hydrogen) atoms. The number of benzene rings is 1. The molecule has 3 nitrogen and oxygen atoms in total. The second-order valence-corrected chi connectivity index (χ2v) is 5.52. The molecule has 0 saturated heterocycles. The monoisotopic (exact) mass is 258 g/mol. The third kappa shape index (κ3) is 2.25. The summed E-state index contributed by atoms with van der Waals surface area (Å²) in [7, 11) is 0. The molecule has 0 radical (unpaired) electrons. The first-order valence-corrected chi connectivity index (χ1v) is 6.83. The molecular weight excluding hydrogens is 240 g/mol. The lowest BCUT2D eigenvalue weighted by Crippen LogP contribution is -2.29. The van der Waals surface area contributed by atoms with Gasteiger partial charge in [0, 0.05) is 18.4 Å². The first-order chi connectivity index (χ1) is 9.11. The van der Waals surface area contributed by atoms with Gasteiger partial charge in [-0.25, -0.2) is 4.79 Å². The van der Waals surface area contributed by atoms with Gasteiger partial charge in [-0.1, -0.05) is 18.2 Å². The van der Waals surface area contributed by atoms with Crippen LogP contribution >= 0.6 is 0 Å². The Bertz CT molecular complexity index is 553. The van der Waals surface area contributed by atoms with Crippen molar-refractivity contribution in [2.24, 2.45) is 0 Å². The van der Waals surface area contributed by atoms with Gasteiger partial charge in [0.1, 0.15) is 5.75 Å². The van der Waals surface area contributed by atoms with E-state index < -0.39 is 11.6 Å². The molecule has 1 aromatic rings. The summed E-state index contributed by atoms with van der Waals surface area (Å²) in [5.41, 5.74) is 2.48. The highest BCUT2D eigenvalue weighted by Crippen LogP contribution is 2.43. The van der Waals surface area contributed by atoms with E-state index in [4.69, 9.17) is 4.74 Å². The van der Waals surface area contributed by atoms with E-state index in [9.17, 15) is 9.90 Å². The Labute approximate surface area is 112 Å². The topological polar surface area (TPSA) is 46.5 Å². The van der Waals surface area contributed by atoms with Crippen molar-refractivity contribution in [3.63, 3.8) is 0 Å². The third-order valence-corrected chi connectivity index (χ3v) is 3.92. The molecule has 0 atom stereocenters.